The molecule has 0 radical (unpaired) electrons. The van der Waals surface area contributed by atoms with Crippen LogP contribution in [-0.4, -0.2) is 26.2 Å². The first-order chi connectivity index (χ1) is 8.15. The molecule has 2 N–H and O–H groups in total. The first-order valence-corrected chi connectivity index (χ1v) is 6.34. The Labute approximate surface area is 104 Å². The zero-order chi connectivity index (χ0) is 12.4. The fourth-order valence-corrected chi connectivity index (χ4v) is 2.69. The van der Waals surface area contributed by atoms with Crippen LogP contribution in [0.5, 0.6) is 5.75 Å². The standard InChI is InChI=1S/C14H22N2O/c1-4-16-9-11(7-10(2)15)13-8-12(17-3)5-6-14(13)16/h5-6,8,10-11H,4,7,9,15H2,1-3H3. The third-order valence-electron chi connectivity index (χ3n) is 3.49. The van der Waals surface area contributed by atoms with Crippen molar-refractivity contribution in [2.75, 3.05) is 25.1 Å². The fourth-order valence-electron chi connectivity index (χ4n) is 2.69. The monoisotopic (exact) mass is 234 g/mol. The molecule has 94 valence electrons. The van der Waals surface area contributed by atoms with E-state index in [2.05, 4.69) is 30.9 Å². The normalized spacial score (nSPS) is 20.2. The van der Waals surface area contributed by atoms with Gasteiger partial charge >= 0.3 is 0 Å². The molecule has 1 aliphatic heterocycles. The largest absolute Gasteiger partial charge is 0.497 e. The number of fused-ring (bicyclic) bond motifs is 1. The van der Waals surface area contributed by atoms with Crippen LogP contribution >= 0.6 is 0 Å². The highest BCUT2D eigenvalue weighted by Gasteiger charge is 2.28. The first kappa shape index (κ1) is 12.2. The molecule has 2 unspecified atom stereocenters. The van der Waals surface area contributed by atoms with Gasteiger partial charge in [0.25, 0.3) is 0 Å². The molecule has 1 aromatic carbocycles. The summed E-state index contributed by atoms with van der Waals surface area (Å²) in [5.74, 6) is 1.48. The van der Waals surface area contributed by atoms with E-state index in [-0.39, 0.29) is 6.04 Å². The van der Waals surface area contributed by atoms with Gasteiger partial charge < -0.3 is 15.4 Å². The molecule has 17 heavy (non-hydrogen) atoms. The average molecular weight is 234 g/mol. The lowest BCUT2D eigenvalue weighted by atomic mass is 9.95. The molecule has 3 nitrogen and oxygen atoms in total. The molecular formula is C14H22N2O. The van der Waals surface area contributed by atoms with Crippen molar-refractivity contribution in [3.05, 3.63) is 23.8 Å². The topological polar surface area (TPSA) is 38.5 Å². The number of ether oxygens (including phenoxy) is 1. The van der Waals surface area contributed by atoms with Crippen molar-refractivity contribution in [3.8, 4) is 5.75 Å². The van der Waals surface area contributed by atoms with Crippen LogP contribution in [0.2, 0.25) is 0 Å². The third-order valence-corrected chi connectivity index (χ3v) is 3.49. The summed E-state index contributed by atoms with van der Waals surface area (Å²) in [7, 11) is 1.72. The van der Waals surface area contributed by atoms with E-state index in [1.165, 1.54) is 11.3 Å². The number of nitrogens with zero attached hydrogens (tertiary/aromatic N) is 1. The minimum absolute atomic E-state index is 0.246. The lowest BCUT2D eigenvalue weighted by Crippen LogP contribution is -2.24. The quantitative estimate of drug-likeness (QED) is 0.869. The number of methoxy groups -OCH3 is 1. The number of anilines is 1. The van der Waals surface area contributed by atoms with Gasteiger partial charge in [0, 0.05) is 30.7 Å². The van der Waals surface area contributed by atoms with Gasteiger partial charge in [-0.05, 0) is 44.0 Å². The number of benzene rings is 1. The van der Waals surface area contributed by atoms with Gasteiger partial charge in [-0.3, -0.25) is 0 Å². The van der Waals surface area contributed by atoms with Crippen LogP contribution in [0, 0.1) is 0 Å². The number of nitrogens with two attached hydrogens (primary N) is 1. The van der Waals surface area contributed by atoms with E-state index < -0.39 is 0 Å². The minimum atomic E-state index is 0.246. The van der Waals surface area contributed by atoms with Crippen molar-refractivity contribution < 1.29 is 4.74 Å². The Bertz CT molecular complexity index is 390. The highest BCUT2D eigenvalue weighted by molar-refractivity contribution is 5.62. The second-order valence-corrected chi connectivity index (χ2v) is 4.87. The molecular weight excluding hydrogens is 212 g/mol. The Morgan fingerprint density at radius 1 is 1.53 bits per heavy atom. The van der Waals surface area contributed by atoms with Crippen molar-refractivity contribution in [1.82, 2.24) is 0 Å². The average Bonchev–Trinajstić information content (AvgIpc) is 2.66. The minimum Gasteiger partial charge on any atom is -0.497 e. The summed E-state index contributed by atoms with van der Waals surface area (Å²) in [6, 6.07) is 6.61. The molecule has 0 amide bonds. The third kappa shape index (κ3) is 2.39. The molecule has 0 bridgehead atoms. The highest BCUT2D eigenvalue weighted by Crippen LogP contribution is 2.40. The number of likely N-dealkylation sites (N-methyl/N-ethyl adjacent to an activating group) is 1. The van der Waals surface area contributed by atoms with Crippen LogP contribution in [0.1, 0.15) is 31.7 Å². The molecule has 0 saturated heterocycles. The van der Waals surface area contributed by atoms with Crippen LogP contribution in [0.3, 0.4) is 0 Å². The van der Waals surface area contributed by atoms with Crippen LogP contribution in [-0.2, 0) is 0 Å². The number of hydrogen-bond donors (Lipinski definition) is 1. The van der Waals surface area contributed by atoms with Crippen LogP contribution in [0.25, 0.3) is 0 Å². The molecule has 0 aliphatic carbocycles. The maximum absolute atomic E-state index is 5.94. The van der Waals surface area contributed by atoms with Crippen LogP contribution in [0.15, 0.2) is 18.2 Å². The summed E-state index contributed by atoms with van der Waals surface area (Å²) in [5.41, 5.74) is 8.68. The summed E-state index contributed by atoms with van der Waals surface area (Å²) in [6.45, 7) is 6.41. The van der Waals surface area contributed by atoms with Gasteiger partial charge in [0.15, 0.2) is 0 Å². The number of rotatable bonds is 4. The van der Waals surface area contributed by atoms with Gasteiger partial charge in [-0.25, -0.2) is 0 Å². The zero-order valence-corrected chi connectivity index (χ0v) is 10.9. The maximum atomic E-state index is 5.94. The van der Waals surface area contributed by atoms with Gasteiger partial charge in [0.1, 0.15) is 5.75 Å². The Morgan fingerprint density at radius 2 is 2.29 bits per heavy atom. The van der Waals surface area contributed by atoms with E-state index >= 15 is 0 Å². The molecule has 0 saturated carbocycles. The Hall–Kier alpha value is -1.22. The Morgan fingerprint density at radius 3 is 2.88 bits per heavy atom. The predicted octanol–water partition coefficient (Wildman–Crippen LogP) is 2.36. The number of hydrogen-bond acceptors (Lipinski definition) is 3. The lowest BCUT2D eigenvalue weighted by Gasteiger charge is -2.17. The fraction of sp³-hybridized carbons (Fsp3) is 0.571. The smallest absolute Gasteiger partial charge is 0.119 e. The van der Waals surface area contributed by atoms with Crippen LogP contribution < -0.4 is 15.4 Å². The summed E-state index contributed by atoms with van der Waals surface area (Å²) in [6.07, 6.45) is 1.04. The Kier molecular flexibility index (Phi) is 3.57. The molecule has 0 fully saturated rings. The SMILES string of the molecule is CCN1CC(CC(C)N)c2cc(OC)ccc21. The predicted molar refractivity (Wildman–Crippen MR) is 71.9 cm³/mol. The van der Waals surface area contributed by atoms with Gasteiger partial charge in [-0.15, -0.1) is 0 Å². The van der Waals surface area contributed by atoms with Gasteiger partial charge in [-0.1, -0.05) is 0 Å². The van der Waals surface area contributed by atoms with E-state index in [1.807, 2.05) is 6.07 Å². The van der Waals surface area contributed by atoms with E-state index in [0.717, 1.165) is 25.3 Å². The summed E-state index contributed by atoms with van der Waals surface area (Å²) >= 11 is 0. The molecule has 1 aromatic rings. The molecule has 2 rings (SSSR count). The van der Waals surface area contributed by atoms with Gasteiger partial charge in [-0.2, -0.15) is 0 Å². The molecule has 2 atom stereocenters. The zero-order valence-electron chi connectivity index (χ0n) is 10.9. The van der Waals surface area contributed by atoms with E-state index in [1.54, 1.807) is 7.11 Å². The first-order valence-electron chi connectivity index (χ1n) is 6.34. The highest BCUT2D eigenvalue weighted by atomic mass is 16.5. The molecule has 1 heterocycles. The van der Waals surface area contributed by atoms with E-state index in [0.29, 0.717) is 5.92 Å². The summed E-state index contributed by atoms with van der Waals surface area (Å²) in [5, 5.41) is 0. The molecule has 0 spiro atoms. The maximum Gasteiger partial charge on any atom is 0.119 e. The van der Waals surface area contributed by atoms with E-state index in [4.69, 9.17) is 10.5 Å². The summed E-state index contributed by atoms with van der Waals surface area (Å²) in [4.78, 5) is 2.42. The molecule has 3 heteroatoms. The second-order valence-electron chi connectivity index (χ2n) is 4.87. The Balaban J connectivity index is 2.31. The molecule has 0 aromatic heterocycles. The van der Waals surface area contributed by atoms with Crippen molar-refractivity contribution in [2.24, 2.45) is 5.73 Å². The van der Waals surface area contributed by atoms with Crippen LogP contribution in [0.4, 0.5) is 5.69 Å². The van der Waals surface area contributed by atoms with E-state index in [9.17, 15) is 0 Å². The van der Waals surface area contributed by atoms with Gasteiger partial charge in [0.2, 0.25) is 0 Å². The van der Waals surface area contributed by atoms with Gasteiger partial charge in [0.05, 0.1) is 7.11 Å². The molecule has 1 aliphatic rings. The van der Waals surface area contributed by atoms with Crippen molar-refractivity contribution in [3.63, 3.8) is 0 Å². The second kappa shape index (κ2) is 4.96. The summed E-state index contributed by atoms with van der Waals surface area (Å²) < 4.78 is 5.31. The lowest BCUT2D eigenvalue weighted by molar-refractivity contribution is 0.414. The van der Waals surface area contributed by atoms with Crippen molar-refractivity contribution in [1.29, 1.82) is 0 Å². The van der Waals surface area contributed by atoms with Crippen molar-refractivity contribution in [2.45, 2.75) is 32.2 Å². The van der Waals surface area contributed by atoms with Crippen molar-refractivity contribution >= 4 is 5.69 Å².